The molecule has 0 heterocycles. The van der Waals surface area contributed by atoms with Crippen molar-refractivity contribution < 1.29 is 9.53 Å². The molecule has 0 saturated heterocycles. The predicted molar refractivity (Wildman–Crippen MR) is 61.6 cm³/mol. The second kappa shape index (κ2) is 6.80. The summed E-state index contributed by atoms with van der Waals surface area (Å²) in [6.45, 7) is 6.63. The van der Waals surface area contributed by atoms with Crippen molar-refractivity contribution in [3.8, 4) is 0 Å². The van der Waals surface area contributed by atoms with Crippen molar-refractivity contribution in [2.75, 3.05) is 13.7 Å². The summed E-state index contributed by atoms with van der Waals surface area (Å²) in [5, 5.41) is 2.94. The maximum Gasteiger partial charge on any atom is 0.237 e. The van der Waals surface area contributed by atoms with Crippen molar-refractivity contribution in [2.45, 2.75) is 51.7 Å². The zero-order valence-electron chi connectivity index (χ0n) is 10.3. The second-order valence-corrected chi connectivity index (χ2v) is 4.19. The number of unbranched alkanes of at least 4 members (excludes halogenated alkanes) is 1. The van der Waals surface area contributed by atoms with Crippen LogP contribution in [0.5, 0.6) is 0 Å². The van der Waals surface area contributed by atoms with E-state index in [1.807, 2.05) is 6.92 Å². The van der Waals surface area contributed by atoms with Crippen molar-refractivity contribution in [3.63, 3.8) is 0 Å². The van der Waals surface area contributed by atoms with Gasteiger partial charge in [0.1, 0.15) is 0 Å². The van der Waals surface area contributed by atoms with Gasteiger partial charge in [0.25, 0.3) is 0 Å². The standard InChI is InChI=1S/C11H24N2O2/c1-5-6-7-15-9(2)8-11(3,13-4)10(12)14/h9,13H,5-8H2,1-4H3,(H2,12,14). The normalized spacial score (nSPS) is 17.1. The molecule has 0 rings (SSSR count). The lowest BCUT2D eigenvalue weighted by Gasteiger charge is -2.28. The second-order valence-electron chi connectivity index (χ2n) is 4.19. The fraction of sp³-hybridized carbons (Fsp3) is 0.909. The molecule has 0 radical (unpaired) electrons. The van der Waals surface area contributed by atoms with Gasteiger partial charge in [0.2, 0.25) is 5.91 Å². The molecule has 0 aromatic carbocycles. The topological polar surface area (TPSA) is 64.3 Å². The van der Waals surface area contributed by atoms with E-state index in [0.29, 0.717) is 6.42 Å². The van der Waals surface area contributed by atoms with Gasteiger partial charge in [-0.25, -0.2) is 0 Å². The minimum atomic E-state index is -0.675. The molecule has 90 valence electrons. The molecule has 2 atom stereocenters. The lowest BCUT2D eigenvalue weighted by Crippen LogP contribution is -2.53. The minimum absolute atomic E-state index is 0.0431. The highest BCUT2D eigenvalue weighted by molar-refractivity contribution is 5.84. The quantitative estimate of drug-likeness (QED) is 0.596. The van der Waals surface area contributed by atoms with Gasteiger partial charge in [0, 0.05) is 13.0 Å². The molecule has 0 fully saturated rings. The molecule has 0 aliphatic heterocycles. The SMILES string of the molecule is CCCCOC(C)CC(C)(NC)C(N)=O. The first-order valence-corrected chi connectivity index (χ1v) is 5.56. The Morgan fingerprint density at radius 2 is 2.20 bits per heavy atom. The van der Waals surface area contributed by atoms with Crippen LogP contribution in [-0.4, -0.2) is 31.2 Å². The number of carbonyl (C=O) groups is 1. The largest absolute Gasteiger partial charge is 0.378 e. The summed E-state index contributed by atoms with van der Waals surface area (Å²) >= 11 is 0. The third kappa shape index (κ3) is 5.14. The van der Waals surface area contributed by atoms with Crippen molar-refractivity contribution >= 4 is 5.91 Å². The van der Waals surface area contributed by atoms with Gasteiger partial charge in [-0.15, -0.1) is 0 Å². The smallest absolute Gasteiger partial charge is 0.237 e. The number of hydrogen-bond acceptors (Lipinski definition) is 3. The van der Waals surface area contributed by atoms with Crippen LogP contribution in [0.3, 0.4) is 0 Å². The number of amides is 1. The molecule has 0 aliphatic carbocycles. The summed E-state index contributed by atoms with van der Waals surface area (Å²) in [7, 11) is 1.74. The molecule has 0 aliphatic rings. The Balaban J connectivity index is 4.01. The van der Waals surface area contributed by atoms with Gasteiger partial charge in [-0.05, 0) is 27.3 Å². The van der Waals surface area contributed by atoms with Crippen LogP contribution in [0.25, 0.3) is 0 Å². The summed E-state index contributed by atoms with van der Waals surface area (Å²) in [5.41, 5.74) is 4.65. The van der Waals surface area contributed by atoms with Crippen molar-refractivity contribution in [3.05, 3.63) is 0 Å². The summed E-state index contributed by atoms with van der Waals surface area (Å²) in [5.74, 6) is -0.337. The summed E-state index contributed by atoms with van der Waals surface area (Å²) in [6, 6.07) is 0. The molecular formula is C11H24N2O2. The highest BCUT2D eigenvalue weighted by Crippen LogP contribution is 2.13. The Morgan fingerprint density at radius 3 is 2.60 bits per heavy atom. The molecule has 2 unspecified atom stereocenters. The molecule has 1 amide bonds. The molecule has 0 aromatic heterocycles. The van der Waals surface area contributed by atoms with Gasteiger partial charge in [-0.3, -0.25) is 4.79 Å². The Labute approximate surface area is 92.6 Å². The van der Waals surface area contributed by atoms with Crippen molar-refractivity contribution in [1.82, 2.24) is 5.32 Å². The van der Waals surface area contributed by atoms with Crippen LogP contribution in [0.2, 0.25) is 0 Å². The molecule has 15 heavy (non-hydrogen) atoms. The van der Waals surface area contributed by atoms with Crippen LogP contribution in [-0.2, 0) is 9.53 Å². The van der Waals surface area contributed by atoms with E-state index in [1.54, 1.807) is 14.0 Å². The zero-order chi connectivity index (χ0) is 11.9. The maximum atomic E-state index is 11.2. The highest BCUT2D eigenvalue weighted by atomic mass is 16.5. The number of hydrogen-bond donors (Lipinski definition) is 2. The molecule has 4 nitrogen and oxygen atoms in total. The number of rotatable bonds is 8. The van der Waals surface area contributed by atoms with E-state index >= 15 is 0 Å². The van der Waals surface area contributed by atoms with Gasteiger partial charge in [-0.1, -0.05) is 13.3 Å². The first kappa shape index (κ1) is 14.4. The van der Waals surface area contributed by atoms with Crippen LogP contribution in [0.4, 0.5) is 0 Å². The Hall–Kier alpha value is -0.610. The molecule has 4 heteroatoms. The average molecular weight is 216 g/mol. The fourth-order valence-electron chi connectivity index (χ4n) is 1.39. The molecule has 0 saturated carbocycles. The van der Waals surface area contributed by atoms with E-state index in [-0.39, 0.29) is 12.0 Å². The lowest BCUT2D eigenvalue weighted by molar-refractivity contribution is -0.125. The van der Waals surface area contributed by atoms with Crippen LogP contribution in [0.1, 0.15) is 40.0 Å². The van der Waals surface area contributed by atoms with E-state index in [1.165, 1.54) is 0 Å². The van der Waals surface area contributed by atoms with E-state index in [9.17, 15) is 4.79 Å². The first-order valence-electron chi connectivity index (χ1n) is 5.56. The van der Waals surface area contributed by atoms with E-state index in [0.717, 1.165) is 19.4 Å². The molecule has 0 bridgehead atoms. The van der Waals surface area contributed by atoms with E-state index in [4.69, 9.17) is 10.5 Å². The summed E-state index contributed by atoms with van der Waals surface area (Å²) in [6.07, 6.45) is 2.81. The molecular weight excluding hydrogens is 192 g/mol. The Kier molecular flexibility index (Phi) is 6.52. The van der Waals surface area contributed by atoms with Crippen LogP contribution >= 0.6 is 0 Å². The molecule has 0 spiro atoms. The average Bonchev–Trinajstić information content (AvgIpc) is 2.17. The number of primary amides is 1. The minimum Gasteiger partial charge on any atom is -0.378 e. The van der Waals surface area contributed by atoms with Crippen molar-refractivity contribution in [1.29, 1.82) is 0 Å². The maximum absolute atomic E-state index is 11.2. The number of likely N-dealkylation sites (N-methyl/N-ethyl adjacent to an activating group) is 1. The van der Waals surface area contributed by atoms with Gasteiger partial charge in [-0.2, -0.15) is 0 Å². The monoisotopic (exact) mass is 216 g/mol. The van der Waals surface area contributed by atoms with Crippen LogP contribution < -0.4 is 11.1 Å². The lowest BCUT2D eigenvalue weighted by atomic mass is 9.94. The van der Waals surface area contributed by atoms with Gasteiger partial charge in [0.05, 0.1) is 11.6 Å². The predicted octanol–water partition coefficient (Wildman–Crippen LogP) is 1.05. The summed E-state index contributed by atoms with van der Waals surface area (Å²) < 4.78 is 5.58. The van der Waals surface area contributed by atoms with Gasteiger partial charge in [0.15, 0.2) is 0 Å². The van der Waals surface area contributed by atoms with Crippen molar-refractivity contribution in [2.24, 2.45) is 5.73 Å². The fourth-order valence-corrected chi connectivity index (χ4v) is 1.39. The molecule has 3 N–H and O–H groups in total. The Morgan fingerprint density at radius 1 is 1.60 bits per heavy atom. The Bertz CT molecular complexity index is 197. The zero-order valence-corrected chi connectivity index (χ0v) is 10.3. The van der Waals surface area contributed by atoms with Crippen LogP contribution in [0, 0.1) is 0 Å². The van der Waals surface area contributed by atoms with Gasteiger partial charge >= 0.3 is 0 Å². The number of nitrogens with one attached hydrogen (secondary N) is 1. The van der Waals surface area contributed by atoms with Gasteiger partial charge < -0.3 is 15.8 Å². The highest BCUT2D eigenvalue weighted by Gasteiger charge is 2.31. The summed E-state index contributed by atoms with van der Waals surface area (Å²) in [4.78, 5) is 11.2. The van der Waals surface area contributed by atoms with Crippen LogP contribution in [0.15, 0.2) is 0 Å². The van der Waals surface area contributed by atoms with E-state index < -0.39 is 5.54 Å². The first-order chi connectivity index (χ1) is 6.96. The number of nitrogens with two attached hydrogens (primary N) is 1. The number of ether oxygens (including phenoxy) is 1. The molecule has 0 aromatic rings. The van der Waals surface area contributed by atoms with E-state index in [2.05, 4.69) is 12.2 Å². The number of carbonyl (C=O) groups excluding carboxylic acids is 1. The third-order valence-corrected chi connectivity index (χ3v) is 2.69. The third-order valence-electron chi connectivity index (χ3n) is 2.69.